The molecule has 3 nitrogen and oxygen atoms in total. The van der Waals surface area contributed by atoms with Crippen LogP contribution in [-0.2, 0) is 0 Å². The van der Waals surface area contributed by atoms with E-state index in [4.69, 9.17) is 6.42 Å². The topological polar surface area (TPSA) is 18.5 Å². The van der Waals surface area contributed by atoms with Gasteiger partial charge in [-0.15, -0.1) is 12.3 Å². The van der Waals surface area contributed by atoms with Crippen molar-refractivity contribution in [3.8, 4) is 12.3 Å². The first-order valence-corrected chi connectivity index (χ1v) is 6.75. The highest BCUT2D eigenvalue weighted by molar-refractivity contribution is 4.87. The van der Waals surface area contributed by atoms with Gasteiger partial charge in [-0.05, 0) is 45.9 Å². The summed E-state index contributed by atoms with van der Waals surface area (Å²) in [5, 5.41) is 3.21. The van der Waals surface area contributed by atoms with Crippen LogP contribution in [-0.4, -0.2) is 63.2 Å². The molecule has 1 rings (SSSR count). The summed E-state index contributed by atoms with van der Waals surface area (Å²) in [6.07, 6.45) is 8.81. The highest BCUT2D eigenvalue weighted by atomic mass is 15.2. The lowest BCUT2D eigenvalue weighted by molar-refractivity contribution is 0.146. The van der Waals surface area contributed by atoms with E-state index in [0.717, 1.165) is 13.0 Å². The first-order chi connectivity index (χ1) is 8.26. The highest BCUT2D eigenvalue weighted by Gasteiger charge is 2.15. The summed E-state index contributed by atoms with van der Waals surface area (Å²) < 4.78 is 0. The standard InChI is InChI=1S/C14H27N3/c1-4-5-14(6-8-15-2)7-9-17-12-10-16(3)11-13-17/h1,14-15H,5-13H2,2-3H3. The van der Waals surface area contributed by atoms with Crippen molar-refractivity contribution in [2.24, 2.45) is 5.92 Å². The largest absolute Gasteiger partial charge is 0.320 e. The van der Waals surface area contributed by atoms with Crippen molar-refractivity contribution in [3.05, 3.63) is 0 Å². The quantitative estimate of drug-likeness (QED) is 0.663. The zero-order chi connectivity index (χ0) is 12.5. The fourth-order valence-electron chi connectivity index (χ4n) is 2.30. The molecule has 0 saturated carbocycles. The average molecular weight is 237 g/mol. The zero-order valence-electron chi connectivity index (χ0n) is 11.4. The van der Waals surface area contributed by atoms with E-state index in [1.807, 2.05) is 7.05 Å². The predicted molar refractivity (Wildman–Crippen MR) is 74.0 cm³/mol. The third-order valence-electron chi connectivity index (χ3n) is 3.66. The number of rotatable bonds is 7. The van der Waals surface area contributed by atoms with Crippen molar-refractivity contribution < 1.29 is 0 Å². The Hall–Kier alpha value is -0.560. The van der Waals surface area contributed by atoms with Gasteiger partial charge in [0.2, 0.25) is 0 Å². The predicted octanol–water partition coefficient (Wildman–Crippen LogP) is 0.873. The van der Waals surface area contributed by atoms with Gasteiger partial charge in [-0.2, -0.15) is 0 Å². The Kier molecular flexibility index (Phi) is 7.27. The Bertz CT molecular complexity index is 226. The van der Waals surface area contributed by atoms with Crippen LogP contribution in [0.4, 0.5) is 0 Å². The van der Waals surface area contributed by atoms with Crippen LogP contribution in [0.15, 0.2) is 0 Å². The summed E-state index contributed by atoms with van der Waals surface area (Å²) in [6, 6.07) is 0. The summed E-state index contributed by atoms with van der Waals surface area (Å²) in [6.45, 7) is 7.13. The van der Waals surface area contributed by atoms with Crippen LogP contribution < -0.4 is 5.32 Å². The smallest absolute Gasteiger partial charge is 0.0115 e. The SMILES string of the molecule is C#CCC(CCNC)CCN1CCN(C)CC1. The van der Waals surface area contributed by atoms with E-state index in [9.17, 15) is 0 Å². The molecule has 0 radical (unpaired) electrons. The molecule has 0 aliphatic carbocycles. The normalized spacial score (nSPS) is 20.1. The van der Waals surface area contributed by atoms with Gasteiger partial charge in [0.25, 0.3) is 0 Å². The van der Waals surface area contributed by atoms with Gasteiger partial charge in [0.1, 0.15) is 0 Å². The van der Waals surface area contributed by atoms with E-state index in [1.165, 1.54) is 45.6 Å². The molecule has 1 aliphatic rings. The van der Waals surface area contributed by atoms with E-state index in [1.54, 1.807) is 0 Å². The Morgan fingerprint density at radius 2 is 1.94 bits per heavy atom. The maximum Gasteiger partial charge on any atom is 0.0115 e. The van der Waals surface area contributed by atoms with Gasteiger partial charge in [0.05, 0.1) is 0 Å². The fourth-order valence-corrected chi connectivity index (χ4v) is 2.30. The van der Waals surface area contributed by atoms with Crippen molar-refractivity contribution in [1.29, 1.82) is 0 Å². The van der Waals surface area contributed by atoms with E-state index in [0.29, 0.717) is 5.92 Å². The summed E-state index contributed by atoms with van der Waals surface area (Å²) in [5.74, 6) is 3.50. The van der Waals surface area contributed by atoms with Gasteiger partial charge in [-0.1, -0.05) is 0 Å². The van der Waals surface area contributed by atoms with Crippen LogP contribution >= 0.6 is 0 Å². The van der Waals surface area contributed by atoms with Gasteiger partial charge < -0.3 is 15.1 Å². The second-order valence-electron chi connectivity index (χ2n) is 5.10. The lowest BCUT2D eigenvalue weighted by Gasteiger charge is -2.33. The molecule has 1 unspecified atom stereocenters. The molecule has 3 heteroatoms. The van der Waals surface area contributed by atoms with Gasteiger partial charge in [0.15, 0.2) is 0 Å². The Labute approximate surface area is 107 Å². The maximum atomic E-state index is 5.44. The molecular weight excluding hydrogens is 210 g/mol. The number of likely N-dealkylation sites (N-methyl/N-ethyl adjacent to an activating group) is 1. The monoisotopic (exact) mass is 237 g/mol. The van der Waals surface area contributed by atoms with E-state index >= 15 is 0 Å². The minimum Gasteiger partial charge on any atom is -0.320 e. The lowest BCUT2D eigenvalue weighted by Crippen LogP contribution is -2.45. The summed E-state index contributed by atoms with van der Waals surface area (Å²) in [7, 11) is 4.21. The molecule has 17 heavy (non-hydrogen) atoms. The summed E-state index contributed by atoms with van der Waals surface area (Å²) in [4.78, 5) is 4.97. The Morgan fingerprint density at radius 3 is 2.53 bits per heavy atom. The van der Waals surface area contributed by atoms with Crippen LogP contribution in [0.25, 0.3) is 0 Å². The number of nitrogens with one attached hydrogen (secondary N) is 1. The van der Waals surface area contributed by atoms with Crippen LogP contribution in [0.3, 0.4) is 0 Å². The number of nitrogens with zero attached hydrogens (tertiary/aromatic N) is 2. The molecule has 1 fully saturated rings. The highest BCUT2D eigenvalue weighted by Crippen LogP contribution is 2.14. The number of hydrogen-bond acceptors (Lipinski definition) is 3. The van der Waals surface area contributed by atoms with Crippen molar-refractivity contribution >= 4 is 0 Å². The zero-order valence-corrected chi connectivity index (χ0v) is 11.4. The summed E-state index contributed by atoms with van der Waals surface area (Å²) in [5.41, 5.74) is 0. The summed E-state index contributed by atoms with van der Waals surface area (Å²) >= 11 is 0. The van der Waals surface area contributed by atoms with Crippen molar-refractivity contribution in [3.63, 3.8) is 0 Å². The Morgan fingerprint density at radius 1 is 1.24 bits per heavy atom. The minimum absolute atomic E-state index is 0.687. The minimum atomic E-state index is 0.687. The van der Waals surface area contributed by atoms with Crippen LogP contribution in [0.1, 0.15) is 19.3 Å². The van der Waals surface area contributed by atoms with E-state index < -0.39 is 0 Å². The Balaban J connectivity index is 2.19. The molecule has 98 valence electrons. The molecule has 1 atom stereocenters. The molecule has 1 heterocycles. The molecule has 1 N–H and O–H groups in total. The van der Waals surface area contributed by atoms with Gasteiger partial charge in [-0.25, -0.2) is 0 Å². The third kappa shape index (κ3) is 6.07. The number of terminal acetylenes is 1. The molecular formula is C14H27N3. The number of hydrogen-bond donors (Lipinski definition) is 1. The van der Waals surface area contributed by atoms with E-state index in [-0.39, 0.29) is 0 Å². The molecule has 0 bridgehead atoms. The molecule has 1 aliphatic heterocycles. The molecule has 0 aromatic carbocycles. The third-order valence-corrected chi connectivity index (χ3v) is 3.66. The van der Waals surface area contributed by atoms with Crippen molar-refractivity contribution in [2.75, 3.05) is 53.4 Å². The van der Waals surface area contributed by atoms with Gasteiger partial charge >= 0.3 is 0 Å². The molecule has 1 saturated heterocycles. The molecule has 0 aromatic heterocycles. The first kappa shape index (κ1) is 14.5. The first-order valence-electron chi connectivity index (χ1n) is 6.75. The molecule has 0 aromatic rings. The van der Waals surface area contributed by atoms with Crippen molar-refractivity contribution in [1.82, 2.24) is 15.1 Å². The average Bonchev–Trinajstić information content (AvgIpc) is 2.35. The van der Waals surface area contributed by atoms with Gasteiger partial charge in [0, 0.05) is 32.6 Å². The molecule has 0 amide bonds. The van der Waals surface area contributed by atoms with E-state index in [2.05, 4.69) is 28.1 Å². The van der Waals surface area contributed by atoms with Crippen molar-refractivity contribution in [2.45, 2.75) is 19.3 Å². The second-order valence-corrected chi connectivity index (χ2v) is 5.10. The van der Waals surface area contributed by atoms with Crippen LogP contribution in [0, 0.1) is 18.3 Å². The van der Waals surface area contributed by atoms with Gasteiger partial charge in [-0.3, -0.25) is 0 Å². The second kappa shape index (κ2) is 8.52. The lowest BCUT2D eigenvalue weighted by atomic mass is 9.97. The molecule has 0 spiro atoms. The van der Waals surface area contributed by atoms with Crippen LogP contribution in [0.2, 0.25) is 0 Å². The van der Waals surface area contributed by atoms with Crippen LogP contribution in [0.5, 0.6) is 0 Å². The number of piperazine rings is 1. The maximum absolute atomic E-state index is 5.44. The fraction of sp³-hybridized carbons (Fsp3) is 0.857.